The maximum atomic E-state index is 11.6. The van der Waals surface area contributed by atoms with Crippen molar-refractivity contribution in [2.45, 2.75) is 5.14 Å². The average molecular weight is 386 g/mol. The Bertz CT molecular complexity index is 556. The Balaban J connectivity index is 0.00000361. The van der Waals surface area contributed by atoms with E-state index in [2.05, 4.69) is 4.52 Å². The molecule has 0 fully saturated rings. The molecule has 13 heteroatoms. The predicted octanol–water partition coefficient (Wildman–Crippen LogP) is -0.377. The van der Waals surface area contributed by atoms with E-state index in [1.165, 1.54) is 18.2 Å². The molecule has 0 bridgehead atoms. The van der Waals surface area contributed by atoms with Crippen LogP contribution in [0.4, 0.5) is 0 Å². The van der Waals surface area contributed by atoms with Gasteiger partial charge in [-0.25, -0.2) is 0 Å². The van der Waals surface area contributed by atoms with Crippen LogP contribution in [0.15, 0.2) is 30.3 Å². The Morgan fingerprint density at radius 1 is 1.00 bits per heavy atom. The monoisotopic (exact) mass is 386 g/mol. The molecule has 0 saturated carbocycles. The van der Waals surface area contributed by atoms with Gasteiger partial charge < -0.3 is 33.6 Å². The molecule has 0 spiro atoms. The molecule has 0 aromatic heterocycles. The molecule has 114 valence electrons. The van der Waals surface area contributed by atoms with Crippen LogP contribution in [0, 0.1) is 0 Å². The number of hydrogen-bond donors (Lipinski definition) is 3. The van der Waals surface area contributed by atoms with Crippen LogP contribution in [0.5, 0.6) is 5.75 Å². The van der Waals surface area contributed by atoms with Crippen molar-refractivity contribution in [3.05, 3.63) is 30.3 Å². The van der Waals surface area contributed by atoms with Crippen molar-refractivity contribution in [3.63, 3.8) is 0 Å². The molecule has 1 rings (SSSR count). The van der Waals surface area contributed by atoms with Crippen LogP contribution < -0.4 is 14.3 Å². The van der Waals surface area contributed by atoms with Crippen LogP contribution in [0.3, 0.4) is 0 Å². The molecule has 0 heterocycles. The first-order chi connectivity index (χ1) is 8.44. The topological polar surface area (TPSA) is 167 Å². The zero-order valence-corrected chi connectivity index (χ0v) is 13.2. The van der Waals surface area contributed by atoms with E-state index in [0.29, 0.717) is 0 Å². The van der Waals surface area contributed by atoms with Crippen LogP contribution in [-0.2, 0) is 30.8 Å². The first-order valence-corrected chi connectivity index (χ1v) is 9.52. The van der Waals surface area contributed by atoms with Gasteiger partial charge in [0.2, 0.25) is 7.60 Å². The summed E-state index contributed by atoms with van der Waals surface area (Å²) in [6.45, 7) is 0. The van der Waals surface area contributed by atoms with Crippen LogP contribution in [0.25, 0.3) is 0 Å². The molecule has 0 saturated heterocycles. The standard InChI is InChI=1S/C7H11O9P3.Fe/c8-17(9,10)7(18(11,12)13)19(14,15)16-6-4-2-1-3-5-6;/h1-5,7H,(H,14,15)(H2,8,9,10)(H2,11,12,13);/q;+2/p-2. The Labute approximate surface area is 124 Å². The van der Waals surface area contributed by atoms with E-state index >= 15 is 0 Å². The summed E-state index contributed by atoms with van der Waals surface area (Å²) in [7, 11) is -17.2. The SMILES string of the molecule is O=P([O-])(O)C(P(=O)(O)O)P(=O)([O-])Oc1ccccc1.[Fe+2]. The molecule has 1 aromatic carbocycles. The first-order valence-electron chi connectivity index (χ1n) is 4.58. The van der Waals surface area contributed by atoms with Crippen molar-refractivity contribution < 1.29 is 59.8 Å². The van der Waals surface area contributed by atoms with Gasteiger partial charge in [-0.15, -0.1) is 0 Å². The molecule has 1 aromatic rings. The molecule has 3 unspecified atom stereocenters. The minimum Gasteiger partial charge on any atom is -0.778 e. The van der Waals surface area contributed by atoms with Gasteiger partial charge >= 0.3 is 24.7 Å². The van der Waals surface area contributed by atoms with E-state index in [0.717, 1.165) is 12.1 Å². The summed E-state index contributed by atoms with van der Waals surface area (Å²) >= 11 is 0. The second-order valence-electron chi connectivity index (χ2n) is 3.44. The normalized spacial score (nSPS) is 19.1. The van der Waals surface area contributed by atoms with E-state index in [9.17, 15) is 23.5 Å². The summed E-state index contributed by atoms with van der Waals surface area (Å²) in [5.74, 6) is -0.340. The molecule has 0 aliphatic carbocycles. The quantitative estimate of drug-likeness (QED) is 0.452. The number of benzene rings is 1. The van der Waals surface area contributed by atoms with Gasteiger partial charge in [0.15, 0.2) is 12.7 Å². The Morgan fingerprint density at radius 2 is 1.45 bits per heavy atom. The Morgan fingerprint density at radius 3 is 1.80 bits per heavy atom. The summed E-state index contributed by atoms with van der Waals surface area (Å²) < 4.78 is 37.6. The third-order valence-corrected chi connectivity index (χ3v) is 9.32. The van der Waals surface area contributed by atoms with Gasteiger partial charge in [-0.05, 0) is 12.1 Å². The second kappa shape index (κ2) is 6.86. The Hall–Kier alpha value is 0.0295. The average Bonchev–Trinajstić information content (AvgIpc) is 2.11. The molecule has 0 radical (unpaired) electrons. The molecule has 3 atom stereocenters. The number of rotatable bonds is 5. The third-order valence-electron chi connectivity index (χ3n) is 1.85. The largest absolute Gasteiger partial charge is 2.00 e. The van der Waals surface area contributed by atoms with Gasteiger partial charge in [0, 0.05) is 0 Å². The summed E-state index contributed by atoms with van der Waals surface area (Å²) in [6, 6.07) is 6.49. The van der Waals surface area contributed by atoms with Crippen molar-refractivity contribution in [3.8, 4) is 5.75 Å². The Kier molecular flexibility index (Phi) is 6.87. The van der Waals surface area contributed by atoms with Gasteiger partial charge in [-0.3, -0.25) is 9.13 Å². The molecule has 20 heavy (non-hydrogen) atoms. The molecule has 0 amide bonds. The van der Waals surface area contributed by atoms with Crippen molar-refractivity contribution in [1.82, 2.24) is 0 Å². The van der Waals surface area contributed by atoms with Crippen molar-refractivity contribution >= 4 is 22.8 Å². The fraction of sp³-hybridized carbons (Fsp3) is 0.143. The van der Waals surface area contributed by atoms with Crippen LogP contribution in [-0.4, -0.2) is 19.8 Å². The van der Waals surface area contributed by atoms with E-state index in [4.69, 9.17) is 14.7 Å². The van der Waals surface area contributed by atoms with Crippen LogP contribution in [0.1, 0.15) is 0 Å². The summed E-state index contributed by atoms with van der Waals surface area (Å²) in [4.78, 5) is 48.6. The van der Waals surface area contributed by atoms with E-state index in [1.807, 2.05) is 0 Å². The molecule has 0 aliphatic rings. The molecular weight excluding hydrogens is 377 g/mol. The molecule has 9 nitrogen and oxygen atoms in total. The third kappa shape index (κ3) is 5.43. The summed E-state index contributed by atoms with van der Waals surface area (Å²) in [5, 5.41) is -3.34. The van der Waals surface area contributed by atoms with E-state index in [-0.39, 0.29) is 22.8 Å². The first kappa shape index (κ1) is 20.0. The maximum absolute atomic E-state index is 11.6. The zero-order chi connectivity index (χ0) is 14.9. The van der Waals surface area contributed by atoms with Crippen molar-refractivity contribution in [1.29, 1.82) is 0 Å². The summed E-state index contributed by atoms with van der Waals surface area (Å²) in [6.07, 6.45) is 0. The van der Waals surface area contributed by atoms with Gasteiger partial charge in [0.05, 0.1) is 0 Å². The number of para-hydroxylation sites is 1. The van der Waals surface area contributed by atoms with Gasteiger partial charge in [-0.2, -0.15) is 0 Å². The summed E-state index contributed by atoms with van der Waals surface area (Å²) in [5.41, 5.74) is 0. The van der Waals surface area contributed by atoms with E-state index < -0.39 is 27.9 Å². The van der Waals surface area contributed by atoms with Gasteiger partial charge in [0.1, 0.15) is 5.75 Å². The smallest absolute Gasteiger partial charge is 0.778 e. The van der Waals surface area contributed by atoms with Gasteiger partial charge in [-0.1, -0.05) is 18.2 Å². The van der Waals surface area contributed by atoms with Crippen LogP contribution in [0.2, 0.25) is 0 Å². The van der Waals surface area contributed by atoms with Crippen LogP contribution >= 0.6 is 22.8 Å². The molecule has 3 N–H and O–H groups in total. The fourth-order valence-electron chi connectivity index (χ4n) is 1.23. The minimum absolute atomic E-state index is 0. The van der Waals surface area contributed by atoms with Crippen molar-refractivity contribution in [2.24, 2.45) is 0 Å². The number of hydrogen-bond acceptors (Lipinski definition) is 6. The maximum Gasteiger partial charge on any atom is 2.00 e. The fourth-order valence-corrected chi connectivity index (χ4v) is 6.45. The minimum atomic E-state index is -5.87. The predicted molar refractivity (Wildman–Crippen MR) is 60.3 cm³/mol. The van der Waals surface area contributed by atoms with Gasteiger partial charge in [0.25, 0.3) is 0 Å². The van der Waals surface area contributed by atoms with Crippen molar-refractivity contribution in [2.75, 3.05) is 0 Å². The zero-order valence-electron chi connectivity index (χ0n) is 9.45. The second-order valence-corrected chi connectivity index (χ2v) is 9.78. The van der Waals surface area contributed by atoms with E-state index in [1.54, 1.807) is 0 Å². The molecule has 0 aliphatic heterocycles. The molecular formula is C7H9FeO9P3.